The van der Waals surface area contributed by atoms with Crippen LogP contribution in [0.15, 0.2) is 43.2 Å². The van der Waals surface area contributed by atoms with Gasteiger partial charge >= 0.3 is 0 Å². The van der Waals surface area contributed by atoms with E-state index in [1.54, 1.807) is 25.4 Å². The fourth-order valence-electron chi connectivity index (χ4n) is 2.57. The highest BCUT2D eigenvalue weighted by molar-refractivity contribution is 5.69. The number of halogens is 1. The van der Waals surface area contributed by atoms with Crippen molar-refractivity contribution >= 4 is 5.57 Å². The number of hydrogen-bond acceptors (Lipinski definition) is 3. The molecule has 3 rings (SSSR count). The Kier molecular flexibility index (Phi) is 4.97. The molecule has 1 aliphatic rings. The van der Waals surface area contributed by atoms with E-state index in [0.717, 1.165) is 16.7 Å². The van der Waals surface area contributed by atoms with Crippen molar-refractivity contribution in [3.8, 4) is 11.1 Å². The largest absolute Gasteiger partial charge is 0.344 e. The molecule has 1 aliphatic heterocycles. The first-order valence-electron chi connectivity index (χ1n) is 7.19. The standard InChI is InChI=1S/C18H18FNO2.CH4/c1-12(2)16-5-4-13(9-17(16)19)14-8-15(11-20-10-14)18(3)21-6-7-22-18;/h4-5,8-11H,1,6-7H2,2-3H3;1H4. The first kappa shape index (κ1) is 17.3. The molecule has 0 amide bonds. The van der Waals surface area contributed by atoms with Gasteiger partial charge < -0.3 is 9.47 Å². The number of ether oxygens (including phenoxy) is 2. The summed E-state index contributed by atoms with van der Waals surface area (Å²) in [7, 11) is 0. The Hall–Kier alpha value is -2.04. The molecule has 0 N–H and O–H groups in total. The van der Waals surface area contributed by atoms with Crippen molar-refractivity contribution in [3.05, 3.63) is 60.2 Å². The van der Waals surface area contributed by atoms with Crippen molar-refractivity contribution in [1.29, 1.82) is 0 Å². The summed E-state index contributed by atoms with van der Waals surface area (Å²) in [5.41, 5.74) is 3.65. The van der Waals surface area contributed by atoms with Crippen LogP contribution in [0.25, 0.3) is 16.7 Å². The van der Waals surface area contributed by atoms with Gasteiger partial charge in [0.25, 0.3) is 0 Å². The lowest BCUT2D eigenvalue weighted by Gasteiger charge is -2.22. The number of hydrogen-bond donors (Lipinski definition) is 0. The highest BCUT2D eigenvalue weighted by Gasteiger charge is 2.33. The minimum Gasteiger partial charge on any atom is -0.344 e. The monoisotopic (exact) mass is 315 g/mol. The maximum atomic E-state index is 14.1. The van der Waals surface area contributed by atoms with Crippen molar-refractivity contribution in [3.63, 3.8) is 0 Å². The summed E-state index contributed by atoms with van der Waals surface area (Å²) < 4.78 is 25.4. The van der Waals surface area contributed by atoms with Crippen LogP contribution in [0, 0.1) is 5.82 Å². The molecule has 2 aromatic rings. The Morgan fingerprint density at radius 3 is 2.48 bits per heavy atom. The maximum absolute atomic E-state index is 14.1. The van der Waals surface area contributed by atoms with Crippen LogP contribution < -0.4 is 0 Å². The quantitative estimate of drug-likeness (QED) is 0.817. The van der Waals surface area contributed by atoms with Crippen LogP contribution >= 0.6 is 0 Å². The second-order valence-electron chi connectivity index (χ2n) is 5.58. The number of aromatic nitrogens is 1. The predicted molar refractivity (Wildman–Crippen MR) is 90.3 cm³/mol. The van der Waals surface area contributed by atoms with Gasteiger partial charge in [-0.25, -0.2) is 4.39 Å². The van der Waals surface area contributed by atoms with Crippen LogP contribution in [-0.2, 0) is 15.3 Å². The molecule has 1 saturated heterocycles. The van der Waals surface area contributed by atoms with Gasteiger partial charge in [0.2, 0.25) is 0 Å². The Morgan fingerprint density at radius 2 is 1.87 bits per heavy atom. The van der Waals surface area contributed by atoms with E-state index in [1.807, 2.05) is 19.1 Å². The summed E-state index contributed by atoms with van der Waals surface area (Å²) in [4.78, 5) is 4.24. The minimum absolute atomic E-state index is 0. The van der Waals surface area contributed by atoms with E-state index in [1.165, 1.54) is 6.07 Å². The molecular weight excluding hydrogens is 293 g/mol. The second kappa shape index (κ2) is 6.60. The Bertz CT molecular complexity index is 721. The lowest BCUT2D eigenvalue weighted by molar-refractivity contribution is -0.149. The van der Waals surface area contributed by atoms with Gasteiger partial charge in [-0.1, -0.05) is 26.1 Å². The number of nitrogens with zero attached hydrogens (tertiary/aromatic N) is 1. The van der Waals surface area contributed by atoms with Gasteiger partial charge in [-0.05, 0) is 37.1 Å². The summed E-state index contributed by atoms with van der Waals surface area (Å²) >= 11 is 0. The molecule has 1 fully saturated rings. The lowest BCUT2D eigenvalue weighted by atomic mass is 9.99. The number of allylic oxidation sites excluding steroid dienone is 1. The number of rotatable bonds is 3. The first-order valence-corrected chi connectivity index (χ1v) is 7.19. The van der Waals surface area contributed by atoms with Gasteiger partial charge in [0.05, 0.1) is 13.2 Å². The van der Waals surface area contributed by atoms with Gasteiger partial charge in [-0.2, -0.15) is 0 Å². The van der Waals surface area contributed by atoms with Gasteiger partial charge in [0, 0.05) is 29.1 Å². The van der Waals surface area contributed by atoms with E-state index in [4.69, 9.17) is 9.47 Å². The third-order valence-corrected chi connectivity index (χ3v) is 3.86. The first-order chi connectivity index (χ1) is 10.5. The van der Waals surface area contributed by atoms with Crippen LogP contribution in [0.1, 0.15) is 32.4 Å². The fourth-order valence-corrected chi connectivity index (χ4v) is 2.57. The lowest BCUT2D eigenvalue weighted by Crippen LogP contribution is -2.22. The summed E-state index contributed by atoms with van der Waals surface area (Å²) in [5.74, 6) is -1.06. The highest BCUT2D eigenvalue weighted by Crippen LogP contribution is 2.33. The van der Waals surface area contributed by atoms with Crippen molar-refractivity contribution in [1.82, 2.24) is 4.98 Å². The van der Waals surface area contributed by atoms with E-state index in [-0.39, 0.29) is 13.2 Å². The summed E-state index contributed by atoms with van der Waals surface area (Å²) in [6, 6.07) is 7.04. The molecule has 0 radical (unpaired) electrons. The van der Waals surface area contributed by atoms with Crippen molar-refractivity contribution in [2.24, 2.45) is 0 Å². The zero-order valence-corrected chi connectivity index (χ0v) is 12.7. The van der Waals surface area contributed by atoms with Crippen LogP contribution in [0.4, 0.5) is 4.39 Å². The van der Waals surface area contributed by atoms with E-state index < -0.39 is 5.79 Å². The van der Waals surface area contributed by atoms with Gasteiger partial charge in [-0.3, -0.25) is 4.98 Å². The molecule has 1 aromatic carbocycles. The van der Waals surface area contributed by atoms with Gasteiger partial charge in [0.1, 0.15) is 5.82 Å². The van der Waals surface area contributed by atoms with Gasteiger partial charge in [0.15, 0.2) is 5.79 Å². The molecular formula is C19H22FNO2. The molecule has 2 heterocycles. The molecule has 0 aliphatic carbocycles. The zero-order chi connectivity index (χ0) is 15.7. The molecule has 122 valence electrons. The summed E-state index contributed by atoms with van der Waals surface area (Å²) in [6.45, 7) is 8.55. The van der Waals surface area contributed by atoms with E-state index in [9.17, 15) is 4.39 Å². The van der Waals surface area contributed by atoms with Crippen molar-refractivity contribution in [2.45, 2.75) is 27.1 Å². The smallest absolute Gasteiger partial charge is 0.193 e. The zero-order valence-electron chi connectivity index (χ0n) is 12.7. The minimum atomic E-state index is -0.779. The maximum Gasteiger partial charge on any atom is 0.193 e. The molecule has 0 bridgehead atoms. The fraction of sp³-hybridized carbons (Fsp3) is 0.316. The third kappa shape index (κ3) is 3.33. The molecule has 23 heavy (non-hydrogen) atoms. The van der Waals surface area contributed by atoms with Crippen LogP contribution in [0.2, 0.25) is 0 Å². The van der Waals surface area contributed by atoms with Crippen LogP contribution in [0.3, 0.4) is 0 Å². The number of benzene rings is 1. The topological polar surface area (TPSA) is 31.4 Å². The number of pyridine rings is 1. The van der Waals surface area contributed by atoms with Crippen LogP contribution in [-0.4, -0.2) is 18.2 Å². The molecule has 4 heteroatoms. The molecule has 0 saturated carbocycles. The Labute approximate surface area is 136 Å². The molecule has 0 atom stereocenters. The summed E-state index contributed by atoms with van der Waals surface area (Å²) in [6.07, 6.45) is 3.42. The average molecular weight is 315 g/mol. The second-order valence-corrected chi connectivity index (χ2v) is 5.58. The average Bonchev–Trinajstić information content (AvgIpc) is 2.95. The predicted octanol–water partition coefficient (Wildman–Crippen LogP) is 4.78. The van der Waals surface area contributed by atoms with E-state index >= 15 is 0 Å². The Balaban J connectivity index is 0.00000192. The van der Waals surface area contributed by atoms with E-state index in [2.05, 4.69) is 11.6 Å². The molecule has 0 spiro atoms. The molecule has 3 nitrogen and oxygen atoms in total. The van der Waals surface area contributed by atoms with E-state index in [0.29, 0.717) is 24.4 Å². The molecule has 1 aromatic heterocycles. The van der Waals surface area contributed by atoms with Crippen molar-refractivity contribution < 1.29 is 13.9 Å². The third-order valence-electron chi connectivity index (χ3n) is 3.86. The van der Waals surface area contributed by atoms with Crippen molar-refractivity contribution in [2.75, 3.05) is 13.2 Å². The SMILES string of the molecule is C.C=C(C)c1ccc(-c2cncc(C3(C)OCCO3)c2)cc1F. The highest BCUT2D eigenvalue weighted by atomic mass is 19.1. The molecule has 0 unspecified atom stereocenters. The Morgan fingerprint density at radius 1 is 1.17 bits per heavy atom. The van der Waals surface area contributed by atoms with Crippen LogP contribution in [0.5, 0.6) is 0 Å². The van der Waals surface area contributed by atoms with Gasteiger partial charge in [-0.15, -0.1) is 0 Å². The normalized spacial score (nSPS) is 16.0. The summed E-state index contributed by atoms with van der Waals surface area (Å²) in [5, 5.41) is 0.